The fourth-order valence-corrected chi connectivity index (χ4v) is 3.15. The van der Waals surface area contributed by atoms with Crippen molar-refractivity contribution in [2.75, 3.05) is 45.9 Å². The summed E-state index contributed by atoms with van der Waals surface area (Å²) in [5.74, 6) is 0.897. The maximum absolute atomic E-state index is 12.1. The molecular weight excluding hydrogens is 340 g/mol. The fraction of sp³-hybridized carbons (Fsp3) is 0.429. The molecule has 1 aliphatic rings. The first kappa shape index (κ1) is 19.3. The van der Waals surface area contributed by atoms with Crippen molar-refractivity contribution in [2.24, 2.45) is 0 Å². The zero-order valence-electron chi connectivity index (χ0n) is 15.9. The van der Waals surface area contributed by atoms with Gasteiger partial charge in [-0.3, -0.25) is 19.6 Å². The van der Waals surface area contributed by atoms with Crippen LogP contribution in [0.3, 0.4) is 0 Å². The summed E-state index contributed by atoms with van der Waals surface area (Å²) in [6, 6.07) is 13.9. The average molecular weight is 368 g/mol. The van der Waals surface area contributed by atoms with Gasteiger partial charge in [0.2, 0.25) is 5.91 Å². The lowest BCUT2D eigenvalue weighted by Crippen LogP contribution is -2.49. The third-order valence-electron chi connectivity index (χ3n) is 4.63. The van der Waals surface area contributed by atoms with Crippen LogP contribution in [0, 0.1) is 6.92 Å². The van der Waals surface area contributed by atoms with E-state index in [0.29, 0.717) is 19.7 Å². The number of carbonyl (C=O) groups excluding carboxylic acids is 1. The minimum absolute atomic E-state index is 0.0565. The lowest BCUT2D eigenvalue weighted by molar-refractivity contribution is -0.122. The van der Waals surface area contributed by atoms with Crippen molar-refractivity contribution in [3.05, 3.63) is 59.9 Å². The summed E-state index contributed by atoms with van der Waals surface area (Å²) in [7, 11) is 0. The topological polar surface area (TPSA) is 57.7 Å². The van der Waals surface area contributed by atoms with Crippen LogP contribution in [0.2, 0.25) is 0 Å². The van der Waals surface area contributed by atoms with Crippen LogP contribution in [-0.2, 0) is 11.3 Å². The Labute approximate surface area is 161 Å². The maximum atomic E-state index is 12.1. The number of piperazine rings is 1. The molecule has 0 aliphatic carbocycles. The van der Waals surface area contributed by atoms with Crippen LogP contribution in [0.25, 0.3) is 0 Å². The van der Waals surface area contributed by atoms with Crippen LogP contribution in [0.4, 0.5) is 0 Å². The number of ether oxygens (including phenoxy) is 1. The number of hydrogen-bond donors (Lipinski definition) is 1. The van der Waals surface area contributed by atoms with Crippen LogP contribution in [-0.4, -0.2) is 66.6 Å². The van der Waals surface area contributed by atoms with Crippen molar-refractivity contribution < 1.29 is 9.53 Å². The van der Waals surface area contributed by atoms with Gasteiger partial charge in [-0.1, -0.05) is 18.2 Å². The number of aryl methyl sites for hydroxylation is 1. The Morgan fingerprint density at radius 3 is 2.67 bits per heavy atom. The number of benzene rings is 1. The van der Waals surface area contributed by atoms with Crippen molar-refractivity contribution >= 4 is 5.91 Å². The number of carbonyl (C=O) groups is 1. The van der Waals surface area contributed by atoms with Crippen molar-refractivity contribution in [1.29, 1.82) is 0 Å². The summed E-state index contributed by atoms with van der Waals surface area (Å²) in [4.78, 5) is 21.1. The average Bonchev–Trinajstić information content (AvgIpc) is 2.68. The van der Waals surface area contributed by atoms with E-state index in [4.69, 9.17) is 4.74 Å². The normalized spacial score (nSPS) is 15.4. The summed E-state index contributed by atoms with van der Waals surface area (Å²) in [6.45, 7) is 8.07. The number of amides is 1. The highest BCUT2D eigenvalue weighted by Crippen LogP contribution is 2.11. The lowest BCUT2D eigenvalue weighted by atomic mass is 10.2. The molecule has 2 heterocycles. The van der Waals surface area contributed by atoms with E-state index < -0.39 is 0 Å². The van der Waals surface area contributed by atoms with Gasteiger partial charge in [-0.15, -0.1) is 0 Å². The molecule has 1 aromatic carbocycles. The number of aromatic nitrogens is 1. The third-order valence-corrected chi connectivity index (χ3v) is 4.63. The highest BCUT2D eigenvalue weighted by atomic mass is 16.5. The second kappa shape index (κ2) is 10.0. The van der Waals surface area contributed by atoms with Gasteiger partial charge in [0.25, 0.3) is 0 Å². The molecule has 1 aromatic heterocycles. The first-order valence-electron chi connectivity index (χ1n) is 9.50. The minimum atomic E-state index is 0.0565. The number of rotatable bonds is 8. The van der Waals surface area contributed by atoms with E-state index in [1.807, 2.05) is 49.5 Å². The quantitative estimate of drug-likeness (QED) is 0.719. The first-order valence-corrected chi connectivity index (χ1v) is 9.50. The van der Waals surface area contributed by atoms with Gasteiger partial charge in [-0.05, 0) is 36.8 Å². The summed E-state index contributed by atoms with van der Waals surface area (Å²) >= 11 is 0. The van der Waals surface area contributed by atoms with Crippen molar-refractivity contribution in [3.8, 4) is 5.75 Å². The Balaban J connectivity index is 1.29. The molecule has 1 saturated heterocycles. The number of hydrogen-bond acceptors (Lipinski definition) is 5. The Hall–Kier alpha value is -2.44. The van der Waals surface area contributed by atoms with Crippen LogP contribution in [0.5, 0.6) is 5.75 Å². The van der Waals surface area contributed by atoms with E-state index in [0.717, 1.165) is 44.2 Å². The lowest BCUT2D eigenvalue weighted by Gasteiger charge is -2.34. The molecule has 0 saturated carbocycles. The van der Waals surface area contributed by atoms with Crippen molar-refractivity contribution in [2.45, 2.75) is 13.5 Å². The monoisotopic (exact) mass is 368 g/mol. The smallest absolute Gasteiger partial charge is 0.234 e. The molecule has 6 nitrogen and oxygen atoms in total. The molecular formula is C21H28N4O2. The van der Waals surface area contributed by atoms with Crippen molar-refractivity contribution in [1.82, 2.24) is 20.1 Å². The van der Waals surface area contributed by atoms with E-state index in [9.17, 15) is 4.79 Å². The van der Waals surface area contributed by atoms with Crippen LogP contribution < -0.4 is 10.1 Å². The van der Waals surface area contributed by atoms with E-state index in [-0.39, 0.29) is 5.91 Å². The molecule has 144 valence electrons. The van der Waals surface area contributed by atoms with E-state index in [2.05, 4.69) is 26.2 Å². The van der Waals surface area contributed by atoms with E-state index in [1.54, 1.807) is 0 Å². The maximum Gasteiger partial charge on any atom is 0.234 e. The second-order valence-electron chi connectivity index (χ2n) is 6.89. The van der Waals surface area contributed by atoms with Gasteiger partial charge < -0.3 is 10.1 Å². The third kappa shape index (κ3) is 6.66. The molecule has 6 heteroatoms. The zero-order valence-corrected chi connectivity index (χ0v) is 15.9. The zero-order chi connectivity index (χ0) is 18.9. The Bertz CT molecular complexity index is 715. The molecule has 1 aliphatic heterocycles. The first-order chi connectivity index (χ1) is 13.2. The largest absolute Gasteiger partial charge is 0.492 e. The molecule has 0 radical (unpaired) electrons. The predicted octanol–water partition coefficient (Wildman–Crippen LogP) is 1.70. The van der Waals surface area contributed by atoms with Gasteiger partial charge in [-0.2, -0.15) is 0 Å². The minimum Gasteiger partial charge on any atom is -0.492 e. The summed E-state index contributed by atoms with van der Waals surface area (Å²) < 4.78 is 5.66. The highest BCUT2D eigenvalue weighted by molar-refractivity contribution is 5.78. The van der Waals surface area contributed by atoms with E-state index >= 15 is 0 Å². The molecule has 0 unspecified atom stereocenters. The summed E-state index contributed by atoms with van der Waals surface area (Å²) in [6.07, 6.45) is 1.83. The SMILES string of the molecule is Cc1cccc(OCCNC(=O)CN2CCN(Cc3ccccn3)CC2)c1. The number of nitrogens with zero attached hydrogens (tertiary/aromatic N) is 3. The molecule has 1 N–H and O–H groups in total. The number of pyridine rings is 1. The second-order valence-corrected chi connectivity index (χ2v) is 6.89. The van der Waals surface area contributed by atoms with Gasteiger partial charge in [0, 0.05) is 38.9 Å². The molecule has 3 rings (SSSR count). The predicted molar refractivity (Wildman–Crippen MR) is 106 cm³/mol. The Morgan fingerprint density at radius 1 is 1.11 bits per heavy atom. The van der Waals surface area contributed by atoms with Gasteiger partial charge in [0.15, 0.2) is 0 Å². The molecule has 0 bridgehead atoms. The van der Waals surface area contributed by atoms with Crippen LogP contribution in [0.15, 0.2) is 48.7 Å². The van der Waals surface area contributed by atoms with Gasteiger partial charge in [0.1, 0.15) is 12.4 Å². The molecule has 27 heavy (non-hydrogen) atoms. The molecule has 1 fully saturated rings. The van der Waals surface area contributed by atoms with Gasteiger partial charge in [-0.25, -0.2) is 0 Å². The summed E-state index contributed by atoms with van der Waals surface area (Å²) in [5.41, 5.74) is 2.26. The van der Waals surface area contributed by atoms with E-state index in [1.165, 1.54) is 5.56 Å². The number of nitrogens with one attached hydrogen (secondary N) is 1. The van der Waals surface area contributed by atoms with Gasteiger partial charge in [0.05, 0.1) is 18.8 Å². The van der Waals surface area contributed by atoms with Gasteiger partial charge >= 0.3 is 0 Å². The molecule has 0 spiro atoms. The summed E-state index contributed by atoms with van der Waals surface area (Å²) in [5, 5.41) is 2.94. The standard InChI is InChI=1S/C21H28N4O2/c1-18-5-4-7-20(15-18)27-14-9-23-21(26)17-25-12-10-24(11-13-25)16-19-6-2-3-8-22-19/h2-8,15H,9-14,16-17H2,1H3,(H,23,26). The van der Waals surface area contributed by atoms with Crippen molar-refractivity contribution in [3.63, 3.8) is 0 Å². The van der Waals surface area contributed by atoms with Crippen LogP contribution >= 0.6 is 0 Å². The Morgan fingerprint density at radius 2 is 1.93 bits per heavy atom. The fourth-order valence-electron chi connectivity index (χ4n) is 3.15. The molecule has 1 amide bonds. The molecule has 2 aromatic rings. The van der Waals surface area contributed by atoms with Crippen LogP contribution in [0.1, 0.15) is 11.3 Å². The highest BCUT2D eigenvalue weighted by Gasteiger charge is 2.19. The molecule has 0 atom stereocenters. The Kier molecular flexibility index (Phi) is 7.19.